The van der Waals surface area contributed by atoms with Gasteiger partial charge in [-0.15, -0.1) is 0 Å². The molecule has 6 atom stereocenters. The molecule has 4 nitrogen and oxygen atoms in total. The van der Waals surface area contributed by atoms with Crippen molar-refractivity contribution in [3.8, 4) is 0 Å². The van der Waals surface area contributed by atoms with Crippen molar-refractivity contribution in [2.24, 2.45) is 35.3 Å². The maximum Gasteiger partial charge on any atom is 0.248 e. The van der Waals surface area contributed by atoms with Gasteiger partial charge < -0.3 is 15.4 Å². The molecule has 1 aromatic rings. The van der Waals surface area contributed by atoms with Crippen LogP contribution in [0.15, 0.2) is 24.3 Å². The summed E-state index contributed by atoms with van der Waals surface area (Å²) < 4.78 is 6.34. The summed E-state index contributed by atoms with van der Waals surface area (Å²) in [5, 5.41) is 0. The molecule has 154 valence electrons. The van der Waals surface area contributed by atoms with Crippen molar-refractivity contribution >= 4 is 5.91 Å². The second-order valence-electron chi connectivity index (χ2n) is 9.79. The van der Waals surface area contributed by atoms with E-state index >= 15 is 0 Å². The number of primary amides is 1. The summed E-state index contributed by atoms with van der Waals surface area (Å²) >= 11 is 0. The molecule has 3 saturated carbocycles. The highest BCUT2D eigenvalue weighted by molar-refractivity contribution is 5.92. The van der Waals surface area contributed by atoms with E-state index in [4.69, 9.17) is 10.5 Å². The zero-order chi connectivity index (χ0) is 19.9. The molecule has 1 amide bonds. The molecule has 4 rings (SSSR count). The minimum absolute atomic E-state index is 0.351. The Hall–Kier alpha value is -1.39. The highest BCUT2D eigenvalue weighted by Crippen LogP contribution is 2.54. The maximum absolute atomic E-state index is 11.8. The molecule has 0 radical (unpaired) electrons. The van der Waals surface area contributed by atoms with Crippen LogP contribution in [-0.2, 0) is 10.3 Å². The van der Waals surface area contributed by atoms with Crippen molar-refractivity contribution in [3.63, 3.8) is 0 Å². The Labute approximate surface area is 169 Å². The van der Waals surface area contributed by atoms with Crippen molar-refractivity contribution in [3.05, 3.63) is 35.4 Å². The van der Waals surface area contributed by atoms with Gasteiger partial charge in [0.25, 0.3) is 0 Å². The first-order chi connectivity index (χ1) is 13.4. The predicted octanol–water partition coefficient (Wildman–Crippen LogP) is 4.04. The maximum atomic E-state index is 11.8. The van der Waals surface area contributed by atoms with E-state index in [0.717, 1.165) is 36.3 Å². The molecule has 1 aromatic carbocycles. The summed E-state index contributed by atoms with van der Waals surface area (Å²) in [4.78, 5) is 14.3. The van der Waals surface area contributed by atoms with Gasteiger partial charge in [-0.1, -0.05) is 25.5 Å². The number of methoxy groups -OCH3 is 1. The molecule has 3 aliphatic carbocycles. The van der Waals surface area contributed by atoms with Crippen LogP contribution in [0.1, 0.15) is 61.4 Å². The minimum atomic E-state index is -0.370. The molecule has 3 fully saturated rings. The van der Waals surface area contributed by atoms with E-state index in [-0.39, 0.29) is 11.5 Å². The monoisotopic (exact) mass is 384 g/mol. The Morgan fingerprint density at radius 3 is 2.64 bits per heavy atom. The molecule has 0 saturated heterocycles. The number of amides is 1. The molecule has 0 aromatic heterocycles. The molecule has 3 aliphatic rings. The van der Waals surface area contributed by atoms with Gasteiger partial charge in [0.05, 0.1) is 5.60 Å². The lowest BCUT2D eigenvalue weighted by molar-refractivity contribution is -0.132. The fourth-order valence-corrected chi connectivity index (χ4v) is 6.53. The Kier molecular flexibility index (Phi) is 5.54. The van der Waals surface area contributed by atoms with E-state index in [1.165, 1.54) is 38.6 Å². The third-order valence-corrected chi connectivity index (χ3v) is 7.91. The molecule has 0 spiro atoms. The zero-order valence-corrected chi connectivity index (χ0v) is 17.7. The Balaban J connectivity index is 1.55. The van der Waals surface area contributed by atoms with Crippen LogP contribution in [0.2, 0.25) is 0 Å². The highest BCUT2D eigenvalue weighted by atomic mass is 16.5. The average molecular weight is 385 g/mol. The number of benzene rings is 1. The number of fused-ring (bicyclic) bond motifs is 1. The standard InChI is InChI=1S/C24H36N2O2/c1-16-6-4-9-22(15-26(2)14-17-10-19-12-20(19)11-17)24(16,28-3)21-8-5-7-18(13-21)23(25)27/h5,7-8,13,16-17,19-20,22H,4,6,9-12,14-15H2,1-3H3,(H2,25,27)/t16?,17-,19+,20-,22?,24?. The van der Waals surface area contributed by atoms with Crippen molar-refractivity contribution in [1.82, 2.24) is 4.90 Å². The molecule has 0 aliphatic heterocycles. The fourth-order valence-electron chi connectivity index (χ4n) is 6.53. The highest BCUT2D eigenvalue weighted by Gasteiger charge is 2.49. The SMILES string of the molecule is COC1(c2cccc(C(N)=O)c2)C(C)CCCC1CN(C)C[C@H]1C[C@@H]2C[C@@H]2C1. The number of rotatable bonds is 7. The second kappa shape index (κ2) is 7.79. The first kappa shape index (κ1) is 19.9. The van der Waals surface area contributed by atoms with E-state index in [9.17, 15) is 4.79 Å². The number of hydrogen-bond acceptors (Lipinski definition) is 3. The van der Waals surface area contributed by atoms with Gasteiger partial charge in [0, 0.05) is 31.7 Å². The Morgan fingerprint density at radius 1 is 1.21 bits per heavy atom. The average Bonchev–Trinajstić information content (AvgIpc) is 3.28. The van der Waals surface area contributed by atoms with Crippen LogP contribution in [-0.4, -0.2) is 38.1 Å². The number of nitrogens with zero attached hydrogens (tertiary/aromatic N) is 1. The summed E-state index contributed by atoms with van der Waals surface area (Å²) in [5.41, 5.74) is 6.90. The van der Waals surface area contributed by atoms with Crippen LogP contribution in [0.25, 0.3) is 0 Å². The summed E-state index contributed by atoms with van der Waals surface area (Å²) in [6, 6.07) is 7.83. The van der Waals surface area contributed by atoms with Crippen LogP contribution < -0.4 is 5.73 Å². The summed E-state index contributed by atoms with van der Waals surface area (Å²) in [7, 11) is 4.12. The van der Waals surface area contributed by atoms with Crippen LogP contribution in [0.4, 0.5) is 0 Å². The molecule has 0 bridgehead atoms. The molecule has 0 heterocycles. The van der Waals surface area contributed by atoms with E-state index < -0.39 is 0 Å². The number of nitrogens with two attached hydrogens (primary N) is 1. The van der Waals surface area contributed by atoms with Crippen molar-refractivity contribution in [2.75, 3.05) is 27.2 Å². The second-order valence-corrected chi connectivity index (χ2v) is 9.79. The first-order valence-corrected chi connectivity index (χ1v) is 11.1. The van der Waals surface area contributed by atoms with E-state index in [2.05, 4.69) is 24.9 Å². The molecular weight excluding hydrogens is 348 g/mol. The lowest BCUT2D eigenvalue weighted by Gasteiger charge is -2.49. The molecule has 3 unspecified atom stereocenters. The smallest absolute Gasteiger partial charge is 0.248 e. The van der Waals surface area contributed by atoms with Crippen molar-refractivity contribution in [2.45, 2.75) is 51.0 Å². The van der Waals surface area contributed by atoms with Gasteiger partial charge in [-0.2, -0.15) is 0 Å². The van der Waals surface area contributed by atoms with Crippen LogP contribution >= 0.6 is 0 Å². The quantitative estimate of drug-likeness (QED) is 0.772. The van der Waals surface area contributed by atoms with Crippen LogP contribution in [0, 0.1) is 29.6 Å². The van der Waals surface area contributed by atoms with E-state index in [1.807, 2.05) is 19.2 Å². The predicted molar refractivity (Wildman–Crippen MR) is 112 cm³/mol. The number of carbonyl (C=O) groups is 1. The Bertz CT molecular complexity index is 710. The normalized spacial score (nSPS) is 37.1. The van der Waals surface area contributed by atoms with Crippen molar-refractivity contribution in [1.29, 1.82) is 0 Å². The summed E-state index contributed by atoms with van der Waals surface area (Å²) in [5.74, 6) is 3.43. The van der Waals surface area contributed by atoms with Gasteiger partial charge in [0.2, 0.25) is 5.91 Å². The summed E-state index contributed by atoms with van der Waals surface area (Å²) in [6.07, 6.45) is 7.93. The van der Waals surface area contributed by atoms with Gasteiger partial charge in [0.15, 0.2) is 0 Å². The molecular formula is C24H36N2O2. The van der Waals surface area contributed by atoms with Gasteiger partial charge in [-0.05, 0) is 80.5 Å². The lowest BCUT2D eigenvalue weighted by Crippen LogP contribution is -2.50. The van der Waals surface area contributed by atoms with E-state index in [0.29, 0.717) is 17.4 Å². The van der Waals surface area contributed by atoms with E-state index in [1.54, 1.807) is 6.07 Å². The fraction of sp³-hybridized carbons (Fsp3) is 0.708. The van der Waals surface area contributed by atoms with Gasteiger partial charge in [-0.25, -0.2) is 0 Å². The zero-order valence-electron chi connectivity index (χ0n) is 17.7. The number of carbonyl (C=O) groups excluding carboxylic acids is 1. The Morgan fingerprint density at radius 2 is 1.96 bits per heavy atom. The van der Waals surface area contributed by atoms with Crippen molar-refractivity contribution < 1.29 is 9.53 Å². The molecule has 2 N–H and O–H groups in total. The van der Waals surface area contributed by atoms with Crippen LogP contribution in [0.5, 0.6) is 0 Å². The third kappa shape index (κ3) is 3.61. The van der Waals surface area contributed by atoms with Gasteiger partial charge in [-0.3, -0.25) is 4.79 Å². The van der Waals surface area contributed by atoms with Gasteiger partial charge in [0.1, 0.15) is 0 Å². The van der Waals surface area contributed by atoms with Gasteiger partial charge >= 0.3 is 0 Å². The van der Waals surface area contributed by atoms with Crippen LogP contribution in [0.3, 0.4) is 0 Å². The lowest BCUT2D eigenvalue weighted by atomic mass is 9.65. The summed E-state index contributed by atoms with van der Waals surface area (Å²) in [6.45, 7) is 4.56. The molecule has 28 heavy (non-hydrogen) atoms. The third-order valence-electron chi connectivity index (χ3n) is 7.91. The topological polar surface area (TPSA) is 55.6 Å². The first-order valence-electron chi connectivity index (χ1n) is 11.1. The minimum Gasteiger partial charge on any atom is -0.373 e. The largest absolute Gasteiger partial charge is 0.373 e. The molecule has 4 heteroatoms. The number of ether oxygens (including phenoxy) is 1. The number of hydrogen-bond donors (Lipinski definition) is 1.